The minimum Gasteiger partial charge on any atom is -0.496 e. The molecule has 1 amide bonds. The van der Waals surface area contributed by atoms with Crippen LogP contribution in [0, 0.1) is 0 Å². The molecule has 2 atom stereocenters. The van der Waals surface area contributed by atoms with E-state index in [1.165, 1.54) is 0 Å². The number of hydrogen-bond donors (Lipinski definition) is 2. The lowest BCUT2D eigenvalue weighted by atomic mass is 10.1. The number of nitrogens with one attached hydrogen (secondary N) is 1. The summed E-state index contributed by atoms with van der Waals surface area (Å²) in [6.07, 6.45) is 0. The predicted molar refractivity (Wildman–Crippen MR) is 111 cm³/mol. The van der Waals surface area contributed by atoms with E-state index in [9.17, 15) is 4.79 Å². The first-order chi connectivity index (χ1) is 13.6. The van der Waals surface area contributed by atoms with Crippen molar-refractivity contribution < 1.29 is 19.6 Å². The van der Waals surface area contributed by atoms with Gasteiger partial charge in [0.05, 0.1) is 25.9 Å². The average molecular weight is 385 g/mol. The number of carbonyl (C=O) groups excluding carboxylic acids is 1. The number of quaternary nitrogens is 1. The van der Waals surface area contributed by atoms with Crippen molar-refractivity contribution in [2.75, 3.05) is 43.6 Å². The normalized spacial score (nSPS) is 16.3. The molecule has 1 fully saturated rings. The molecule has 0 saturated carbocycles. The van der Waals surface area contributed by atoms with E-state index in [2.05, 4.69) is 22.5 Å². The van der Waals surface area contributed by atoms with Crippen molar-refractivity contribution in [3.05, 3.63) is 54.1 Å². The number of hydrogen-bond acceptors (Lipinski definition) is 4. The number of para-hydroxylation sites is 1. The summed E-state index contributed by atoms with van der Waals surface area (Å²) in [6, 6.07) is 15.8. The molecule has 0 spiro atoms. The second kappa shape index (κ2) is 9.57. The number of benzene rings is 2. The highest BCUT2D eigenvalue weighted by Crippen LogP contribution is 2.22. The highest BCUT2D eigenvalue weighted by Gasteiger charge is 2.22. The maximum atomic E-state index is 12.6. The minimum absolute atomic E-state index is 0.0131. The molecule has 3 rings (SSSR count). The van der Waals surface area contributed by atoms with Crippen LogP contribution in [0.15, 0.2) is 48.5 Å². The lowest BCUT2D eigenvalue weighted by Gasteiger charge is -2.29. The molecule has 2 aromatic carbocycles. The Labute approximate surface area is 166 Å². The van der Waals surface area contributed by atoms with Crippen molar-refractivity contribution in [3.8, 4) is 5.75 Å². The molecule has 6 nitrogen and oxygen atoms in total. The Morgan fingerprint density at radius 2 is 1.79 bits per heavy atom. The van der Waals surface area contributed by atoms with Gasteiger partial charge in [-0.3, -0.25) is 4.79 Å². The Morgan fingerprint density at radius 1 is 1.11 bits per heavy atom. The SMILES string of the molecule is COc1ccccc1[C@H](C)[NH2+][C@H](C)C(=O)Nc1ccc(N2CCOCC2)cc1. The number of carbonyl (C=O) groups is 1. The van der Waals surface area contributed by atoms with Gasteiger partial charge >= 0.3 is 0 Å². The molecule has 0 radical (unpaired) electrons. The van der Waals surface area contributed by atoms with Gasteiger partial charge in [-0.05, 0) is 50.2 Å². The van der Waals surface area contributed by atoms with Gasteiger partial charge in [-0.1, -0.05) is 12.1 Å². The van der Waals surface area contributed by atoms with E-state index >= 15 is 0 Å². The second-order valence-electron chi connectivity index (χ2n) is 7.15. The van der Waals surface area contributed by atoms with Crippen LogP contribution in [0.1, 0.15) is 25.5 Å². The number of methoxy groups -OCH3 is 1. The maximum Gasteiger partial charge on any atom is 0.282 e. The first-order valence-corrected chi connectivity index (χ1v) is 9.80. The van der Waals surface area contributed by atoms with Crippen molar-refractivity contribution in [1.29, 1.82) is 0 Å². The molecule has 150 valence electrons. The summed E-state index contributed by atoms with van der Waals surface area (Å²) in [5.41, 5.74) is 3.05. The number of morpholine rings is 1. The molecule has 0 unspecified atom stereocenters. The monoisotopic (exact) mass is 384 g/mol. The molecule has 28 heavy (non-hydrogen) atoms. The zero-order chi connectivity index (χ0) is 19.9. The van der Waals surface area contributed by atoms with Gasteiger partial charge in [-0.2, -0.15) is 0 Å². The van der Waals surface area contributed by atoms with Gasteiger partial charge in [0, 0.05) is 24.5 Å². The Kier molecular flexibility index (Phi) is 6.90. The van der Waals surface area contributed by atoms with Gasteiger partial charge in [0.25, 0.3) is 5.91 Å². The largest absolute Gasteiger partial charge is 0.496 e. The van der Waals surface area contributed by atoms with Crippen LogP contribution in [-0.2, 0) is 9.53 Å². The van der Waals surface area contributed by atoms with E-state index in [-0.39, 0.29) is 18.0 Å². The Hall–Kier alpha value is -2.57. The fourth-order valence-electron chi connectivity index (χ4n) is 3.50. The standard InChI is InChI=1S/C22H29N3O3/c1-16(20-6-4-5-7-21(20)27-3)23-17(2)22(26)24-18-8-10-19(11-9-18)25-12-14-28-15-13-25/h4-11,16-17,23H,12-15H2,1-3H3,(H,24,26)/p+1/t16-,17+/m0/s1. The number of rotatable bonds is 7. The van der Waals surface area contributed by atoms with Crippen molar-refractivity contribution >= 4 is 17.3 Å². The van der Waals surface area contributed by atoms with Crippen LogP contribution in [0.5, 0.6) is 5.75 Å². The van der Waals surface area contributed by atoms with Crippen LogP contribution in [0.4, 0.5) is 11.4 Å². The summed E-state index contributed by atoms with van der Waals surface area (Å²) in [5.74, 6) is 0.832. The first-order valence-electron chi connectivity index (χ1n) is 9.80. The Bertz CT molecular complexity index is 773. The lowest BCUT2D eigenvalue weighted by molar-refractivity contribution is -0.709. The molecule has 0 aliphatic carbocycles. The number of ether oxygens (including phenoxy) is 2. The molecule has 0 aromatic heterocycles. The van der Waals surface area contributed by atoms with Gasteiger partial charge in [0.2, 0.25) is 0 Å². The summed E-state index contributed by atoms with van der Waals surface area (Å²) >= 11 is 0. The third-order valence-corrected chi connectivity index (χ3v) is 5.13. The van der Waals surface area contributed by atoms with E-state index in [1.54, 1.807) is 7.11 Å². The Balaban J connectivity index is 1.56. The summed E-state index contributed by atoms with van der Waals surface area (Å²) in [5, 5.41) is 5.06. The third-order valence-electron chi connectivity index (χ3n) is 5.13. The van der Waals surface area contributed by atoms with Gasteiger partial charge in [0.1, 0.15) is 11.8 Å². The zero-order valence-electron chi connectivity index (χ0n) is 16.9. The number of nitrogens with two attached hydrogens (primary N) is 1. The van der Waals surface area contributed by atoms with Gasteiger partial charge in [0.15, 0.2) is 6.04 Å². The van der Waals surface area contributed by atoms with Crippen molar-refractivity contribution in [3.63, 3.8) is 0 Å². The van der Waals surface area contributed by atoms with Crippen LogP contribution in [0.25, 0.3) is 0 Å². The van der Waals surface area contributed by atoms with E-state index in [1.807, 2.05) is 55.5 Å². The van der Waals surface area contributed by atoms with Crippen molar-refractivity contribution in [2.24, 2.45) is 0 Å². The van der Waals surface area contributed by atoms with Crippen molar-refractivity contribution in [1.82, 2.24) is 0 Å². The fourth-order valence-corrected chi connectivity index (χ4v) is 3.50. The van der Waals surface area contributed by atoms with E-state index in [0.717, 1.165) is 49.0 Å². The predicted octanol–water partition coefficient (Wildman–Crippen LogP) is 2.18. The fraction of sp³-hybridized carbons (Fsp3) is 0.409. The van der Waals surface area contributed by atoms with Gasteiger partial charge in [-0.15, -0.1) is 0 Å². The second-order valence-corrected chi connectivity index (χ2v) is 7.15. The quantitative estimate of drug-likeness (QED) is 0.768. The zero-order valence-corrected chi connectivity index (χ0v) is 16.9. The summed E-state index contributed by atoms with van der Waals surface area (Å²) in [6.45, 7) is 7.33. The molecule has 6 heteroatoms. The number of amides is 1. The van der Waals surface area contributed by atoms with Crippen LogP contribution in [-0.4, -0.2) is 45.4 Å². The van der Waals surface area contributed by atoms with E-state index < -0.39 is 0 Å². The number of nitrogens with zero attached hydrogens (tertiary/aromatic N) is 1. The van der Waals surface area contributed by atoms with Crippen LogP contribution in [0.3, 0.4) is 0 Å². The first kappa shape index (κ1) is 20.2. The maximum absolute atomic E-state index is 12.6. The molecule has 0 bridgehead atoms. The van der Waals surface area contributed by atoms with E-state index in [0.29, 0.717) is 0 Å². The summed E-state index contributed by atoms with van der Waals surface area (Å²) in [7, 11) is 1.67. The van der Waals surface area contributed by atoms with Crippen LogP contribution in [0.2, 0.25) is 0 Å². The van der Waals surface area contributed by atoms with E-state index in [4.69, 9.17) is 9.47 Å². The summed E-state index contributed by atoms with van der Waals surface area (Å²) < 4.78 is 10.8. The summed E-state index contributed by atoms with van der Waals surface area (Å²) in [4.78, 5) is 14.9. The highest BCUT2D eigenvalue weighted by atomic mass is 16.5. The molecule has 2 aromatic rings. The molecule has 1 saturated heterocycles. The lowest BCUT2D eigenvalue weighted by Crippen LogP contribution is -2.91. The van der Waals surface area contributed by atoms with Crippen LogP contribution < -0.4 is 20.3 Å². The minimum atomic E-state index is -0.223. The molecular weight excluding hydrogens is 354 g/mol. The molecule has 1 aliphatic rings. The van der Waals surface area contributed by atoms with Crippen LogP contribution >= 0.6 is 0 Å². The number of anilines is 2. The highest BCUT2D eigenvalue weighted by molar-refractivity contribution is 5.93. The molecular formula is C22H30N3O3+. The van der Waals surface area contributed by atoms with Gasteiger partial charge in [-0.25, -0.2) is 0 Å². The molecule has 3 N–H and O–H groups in total. The third kappa shape index (κ3) is 5.03. The van der Waals surface area contributed by atoms with Crippen molar-refractivity contribution in [2.45, 2.75) is 25.9 Å². The smallest absolute Gasteiger partial charge is 0.282 e. The topological polar surface area (TPSA) is 67.4 Å². The average Bonchev–Trinajstić information content (AvgIpc) is 2.74. The molecule has 1 heterocycles. The Morgan fingerprint density at radius 3 is 2.46 bits per heavy atom. The molecule has 1 aliphatic heterocycles. The van der Waals surface area contributed by atoms with Gasteiger partial charge < -0.3 is 25.0 Å².